The lowest BCUT2D eigenvalue weighted by molar-refractivity contribution is -0.138. The van der Waals surface area contributed by atoms with Crippen molar-refractivity contribution < 1.29 is 4.79 Å². The molecule has 3 nitrogen and oxygen atoms in total. The van der Waals surface area contributed by atoms with Gasteiger partial charge in [-0.15, -0.1) is 0 Å². The zero-order valence-corrected chi connectivity index (χ0v) is 12.5. The summed E-state index contributed by atoms with van der Waals surface area (Å²) in [5, 5.41) is 3.40. The highest BCUT2D eigenvalue weighted by Crippen LogP contribution is 2.25. The van der Waals surface area contributed by atoms with Crippen LogP contribution in [-0.2, 0) is 4.79 Å². The van der Waals surface area contributed by atoms with Gasteiger partial charge in [-0.3, -0.25) is 4.79 Å². The number of rotatable bonds is 4. The summed E-state index contributed by atoms with van der Waals surface area (Å²) in [4.78, 5) is 15.0. The molecule has 1 saturated heterocycles. The van der Waals surface area contributed by atoms with Gasteiger partial charge in [0, 0.05) is 25.0 Å². The number of nitrogens with zero attached hydrogens (tertiary/aromatic N) is 1. The quantitative estimate of drug-likeness (QED) is 0.848. The summed E-state index contributed by atoms with van der Waals surface area (Å²) in [6.45, 7) is 5.20. The second kappa shape index (κ2) is 7.88. The second-order valence-electron chi connectivity index (χ2n) is 6.22. The molecule has 3 heteroatoms. The van der Waals surface area contributed by atoms with E-state index in [0.717, 1.165) is 45.3 Å². The zero-order valence-electron chi connectivity index (χ0n) is 12.5. The topological polar surface area (TPSA) is 32.3 Å². The summed E-state index contributed by atoms with van der Waals surface area (Å²) in [6.07, 6.45) is 11.0. The highest BCUT2D eigenvalue weighted by molar-refractivity contribution is 5.79. The van der Waals surface area contributed by atoms with Crippen LogP contribution in [0.15, 0.2) is 0 Å². The van der Waals surface area contributed by atoms with E-state index >= 15 is 0 Å². The van der Waals surface area contributed by atoms with Crippen molar-refractivity contribution in [3.05, 3.63) is 0 Å². The van der Waals surface area contributed by atoms with Gasteiger partial charge in [0.05, 0.1) is 0 Å². The molecular formula is C16H30N2O. The molecule has 2 rings (SSSR count). The Morgan fingerprint density at radius 3 is 2.37 bits per heavy atom. The summed E-state index contributed by atoms with van der Waals surface area (Å²) in [5.74, 6) is 0.768. The third-order valence-electron chi connectivity index (χ3n) is 4.68. The van der Waals surface area contributed by atoms with E-state index in [1.165, 1.54) is 32.1 Å². The maximum Gasteiger partial charge on any atom is 0.225 e. The zero-order chi connectivity index (χ0) is 13.5. The Bertz CT molecular complexity index is 266. The minimum Gasteiger partial charge on any atom is -0.338 e. The Balaban J connectivity index is 1.95. The molecule has 0 aromatic heterocycles. The van der Waals surface area contributed by atoms with Crippen molar-refractivity contribution in [2.75, 3.05) is 19.6 Å². The van der Waals surface area contributed by atoms with E-state index in [4.69, 9.17) is 0 Å². The van der Waals surface area contributed by atoms with Crippen LogP contribution in [0.1, 0.15) is 64.7 Å². The smallest absolute Gasteiger partial charge is 0.225 e. The van der Waals surface area contributed by atoms with Crippen molar-refractivity contribution in [1.29, 1.82) is 0 Å². The molecule has 19 heavy (non-hydrogen) atoms. The summed E-state index contributed by atoms with van der Waals surface area (Å²) < 4.78 is 0. The van der Waals surface area contributed by atoms with Gasteiger partial charge in [-0.25, -0.2) is 0 Å². The molecule has 1 aliphatic carbocycles. The van der Waals surface area contributed by atoms with Crippen molar-refractivity contribution in [2.45, 2.75) is 70.8 Å². The van der Waals surface area contributed by atoms with E-state index < -0.39 is 0 Å². The minimum absolute atomic E-state index is 0.312. The molecule has 1 heterocycles. The third-order valence-corrected chi connectivity index (χ3v) is 4.68. The van der Waals surface area contributed by atoms with Crippen LogP contribution < -0.4 is 5.32 Å². The van der Waals surface area contributed by atoms with E-state index in [0.29, 0.717) is 17.9 Å². The van der Waals surface area contributed by atoms with Crippen LogP contribution in [0, 0.1) is 5.92 Å². The fourth-order valence-corrected chi connectivity index (χ4v) is 3.56. The van der Waals surface area contributed by atoms with Gasteiger partial charge in [0.1, 0.15) is 0 Å². The first kappa shape index (κ1) is 14.8. The van der Waals surface area contributed by atoms with Crippen LogP contribution in [0.3, 0.4) is 0 Å². The van der Waals surface area contributed by atoms with Crippen LogP contribution in [0.2, 0.25) is 0 Å². The van der Waals surface area contributed by atoms with Gasteiger partial charge in [0.25, 0.3) is 0 Å². The molecule has 1 N–H and O–H groups in total. The fraction of sp³-hybridized carbons (Fsp3) is 0.938. The van der Waals surface area contributed by atoms with Gasteiger partial charge >= 0.3 is 0 Å². The summed E-state index contributed by atoms with van der Waals surface area (Å²) in [7, 11) is 0. The number of carbonyl (C=O) groups excluding carboxylic acids is 1. The molecule has 0 aromatic rings. The molecule has 0 radical (unpaired) electrons. The summed E-state index contributed by atoms with van der Waals surface area (Å²) in [5.41, 5.74) is 0. The largest absolute Gasteiger partial charge is 0.338 e. The van der Waals surface area contributed by atoms with Crippen molar-refractivity contribution in [3.8, 4) is 0 Å². The first-order valence-corrected chi connectivity index (χ1v) is 8.34. The number of hydrogen-bond donors (Lipinski definition) is 1. The molecule has 1 unspecified atom stereocenters. The SMILES string of the molecule is CCCN(C(=O)C1CCCCCCC1)C1CCNC1. The average Bonchev–Trinajstić information content (AvgIpc) is 2.88. The lowest BCUT2D eigenvalue weighted by atomic mass is 9.89. The number of hydrogen-bond acceptors (Lipinski definition) is 2. The van der Waals surface area contributed by atoms with Crippen molar-refractivity contribution in [1.82, 2.24) is 10.2 Å². The molecule has 1 atom stereocenters. The lowest BCUT2D eigenvalue weighted by Crippen LogP contribution is -2.45. The molecule has 0 bridgehead atoms. The van der Waals surface area contributed by atoms with Crippen LogP contribution >= 0.6 is 0 Å². The highest BCUT2D eigenvalue weighted by atomic mass is 16.2. The average molecular weight is 266 g/mol. The molecule has 1 aliphatic heterocycles. The molecule has 110 valence electrons. The minimum atomic E-state index is 0.312. The fourth-order valence-electron chi connectivity index (χ4n) is 3.56. The Morgan fingerprint density at radius 1 is 1.11 bits per heavy atom. The molecular weight excluding hydrogens is 236 g/mol. The van der Waals surface area contributed by atoms with E-state index in [-0.39, 0.29) is 0 Å². The molecule has 2 aliphatic rings. The summed E-state index contributed by atoms with van der Waals surface area (Å²) >= 11 is 0. The van der Waals surface area contributed by atoms with Gasteiger partial charge in [0.15, 0.2) is 0 Å². The maximum absolute atomic E-state index is 12.8. The summed E-state index contributed by atoms with van der Waals surface area (Å²) in [6, 6.07) is 0.456. The predicted molar refractivity (Wildman–Crippen MR) is 79.1 cm³/mol. The van der Waals surface area contributed by atoms with E-state index in [2.05, 4.69) is 17.1 Å². The van der Waals surface area contributed by atoms with Gasteiger partial charge in [0.2, 0.25) is 5.91 Å². The van der Waals surface area contributed by atoms with Crippen molar-refractivity contribution in [2.24, 2.45) is 5.92 Å². The van der Waals surface area contributed by atoms with Gasteiger partial charge in [-0.2, -0.15) is 0 Å². The predicted octanol–water partition coefficient (Wildman–Crippen LogP) is 2.95. The molecule has 0 spiro atoms. The van der Waals surface area contributed by atoms with Gasteiger partial charge in [-0.1, -0.05) is 39.0 Å². The Hall–Kier alpha value is -0.570. The lowest BCUT2D eigenvalue weighted by Gasteiger charge is -2.32. The third kappa shape index (κ3) is 4.20. The Labute approximate surface area is 118 Å². The van der Waals surface area contributed by atoms with Crippen LogP contribution in [-0.4, -0.2) is 36.5 Å². The Morgan fingerprint density at radius 2 is 1.79 bits per heavy atom. The van der Waals surface area contributed by atoms with Crippen molar-refractivity contribution in [3.63, 3.8) is 0 Å². The highest BCUT2D eigenvalue weighted by Gasteiger charge is 2.30. The molecule has 1 saturated carbocycles. The van der Waals surface area contributed by atoms with Crippen LogP contribution in [0.4, 0.5) is 0 Å². The molecule has 1 amide bonds. The maximum atomic E-state index is 12.8. The van der Waals surface area contributed by atoms with Crippen LogP contribution in [0.25, 0.3) is 0 Å². The van der Waals surface area contributed by atoms with Gasteiger partial charge in [-0.05, 0) is 32.2 Å². The second-order valence-corrected chi connectivity index (χ2v) is 6.22. The van der Waals surface area contributed by atoms with Crippen LogP contribution in [0.5, 0.6) is 0 Å². The van der Waals surface area contributed by atoms with E-state index in [1.54, 1.807) is 0 Å². The Kier molecular flexibility index (Phi) is 6.15. The van der Waals surface area contributed by atoms with E-state index in [1.807, 2.05) is 0 Å². The van der Waals surface area contributed by atoms with Gasteiger partial charge < -0.3 is 10.2 Å². The normalized spacial score (nSPS) is 25.8. The van der Waals surface area contributed by atoms with E-state index in [9.17, 15) is 4.79 Å². The number of carbonyl (C=O) groups is 1. The first-order valence-electron chi connectivity index (χ1n) is 8.34. The number of amides is 1. The first-order chi connectivity index (χ1) is 9.33. The molecule has 2 fully saturated rings. The molecule has 0 aromatic carbocycles. The van der Waals surface area contributed by atoms with Crippen molar-refractivity contribution >= 4 is 5.91 Å². The monoisotopic (exact) mass is 266 g/mol. The standard InChI is InChI=1S/C16H30N2O/c1-2-12-18(15-10-11-17-13-15)16(19)14-8-6-4-3-5-7-9-14/h14-15,17H,2-13H2,1H3. The number of nitrogens with one attached hydrogen (secondary N) is 1.